The number of ether oxygens (including phenoxy) is 1. The maximum atomic E-state index is 12.7. The van der Waals surface area contributed by atoms with E-state index in [2.05, 4.69) is 0 Å². The molecule has 4 heteroatoms. The average Bonchev–Trinajstić information content (AvgIpc) is 3.29. The predicted octanol–water partition coefficient (Wildman–Crippen LogP) is 3.16. The quantitative estimate of drug-likeness (QED) is 0.840. The van der Waals surface area contributed by atoms with Crippen molar-refractivity contribution in [1.29, 1.82) is 0 Å². The molecule has 1 N–H and O–H groups in total. The number of aromatic hydroxyl groups is 1. The van der Waals surface area contributed by atoms with Crippen LogP contribution >= 0.6 is 0 Å². The molecule has 0 unspecified atom stereocenters. The molecule has 0 aromatic heterocycles. The van der Waals surface area contributed by atoms with E-state index >= 15 is 0 Å². The first-order chi connectivity index (χ1) is 11.2. The number of phenolic OH excluding ortho intramolecular Hbond substituents is 1. The van der Waals surface area contributed by atoms with Gasteiger partial charge in [0.05, 0.1) is 6.61 Å². The van der Waals surface area contributed by atoms with E-state index in [9.17, 15) is 9.90 Å². The minimum absolute atomic E-state index is 0.272. The Labute approximate surface area is 138 Å². The fraction of sp³-hybridized carbons (Fsp3) is 0.632. The second-order valence-electron chi connectivity index (χ2n) is 6.89. The molecule has 1 aromatic rings. The largest absolute Gasteiger partial charge is 0.508 e. The molecule has 0 radical (unpaired) electrons. The van der Waals surface area contributed by atoms with Crippen molar-refractivity contribution >= 4 is 5.91 Å². The molecule has 1 aliphatic carbocycles. The Morgan fingerprint density at radius 1 is 1.30 bits per heavy atom. The smallest absolute Gasteiger partial charge is 0.223 e. The van der Waals surface area contributed by atoms with Crippen molar-refractivity contribution in [3.8, 4) is 5.75 Å². The zero-order chi connectivity index (χ0) is 16.2. The van der Waals surface area contributed by atoms with E-state index in [1.165, 1.54) is 18.4 Å². The van der Waals surface area contributed by atoms with Crippen LogP contribution in [0.4, 0.5) is 0 Å². The minimum atomic E-state index is 0.272. The lowest BCUT2D eigenvalue weighted by Crippen LogP contribution is -2.30. The van der Waals surface area contributed by atoms with Crippen molar-refractivity contribution in [1.82, 2.24) is 4.90 Å². The molecular formula is C19H27NO3. The zero-order valence-corrected chi connectivity index (χ0v) is 13.9. The maximum absolute atomic E-state index is 12.7. The van der Waals surface area contributed by atoms with E-state index in [1.54, 1.807) is 12.1 Å². The molecule has 23 heavy (non-hydrogen) atoms. The Bertz CT molecular complexity index is 524. The third-order valence-electron chi connectivity index (χ3n) is 5.10. The highest BCUT2D eigenvalue weighted by molar-refractivity contribution is 5.77. The van der Waals surface area contributed by atoms with Crippen LogP contribution in [0.5, 0.6) is 5.75 Å². The molecule has 1 amide bonds. The zero-order valence-electron chi connectivity index (χ0n) is 13.9. The fourth-order valence-electron chi connectivity index (χ4n) is 3.57. The van der Waals surface area contributed by atoms with Crippen LogP contribution in [0.3, 0.4) is 0 Å². The van der Waals surface area contributed by atoms with Gasteiger partial charge in [0.15, 0.2) is 0 Å². The lowest BCUT2D eigenvalue weighted by atomic mass is 9.90. The molecule has 126 valence electrons. The van der Waals surface area contributed by atoms with Gasteiger partial charge in [0, 0.05) is 32.0 Å². The number of carbonyl (C=O) groups excluding carboxylic acids is 1. The third-order valence-corrected chi connectivity index (χ3v) is 5.10. The normalized spacial score (nSPS) is 22.3. The van der Waals surface area contributed by atoms with Crippen LogP contribution in [0.25, 0.3) is 0 Å². The number of hydrogen-bond donors (Lipinski definition) is 1. The monoisotopic (exact) mass is 317 g/mol. The van der Waals surface area contributed by atoms with E-state index in [4.69, 9.17) is 4.74 Å². The summed E-state index contributed by atoms with van der Waals surface area (Å²) in [7, 11) is 0. The Morgan fingerprint density at radius 3 is 2.70 bits per heavy atom. The SMILES string of the molecule is CCOC[C@H]1CCN(C(=O)C[C@@H](c2ccc(O)cc2)C2CC2)C1. The van der Waals surface area contributed by atoms with E-state index in [-0.39, 0.29) is 11.7 Å². The number of likely N-dealkylation sites (tertiary alicyclic amines) is 1. The summed E-state index contributed by atoms with van der Waals surface area (Å²) >= 11 is 0. The van der Waals surface area contributed by atoms with Crippen molar-refractivity contribution < 1.29 is 14.6 Å². The van der Waals surface area contributed by atoms with E-state index in [0.29, 0.717) is 24.2 Å². The van der Waals surface area contributed by atoms with Gasteiger partial charge in [-0.05, 0) is 55.7 Å². The number of benzene rings is 1. The second kappa shape index (κ2) is 7.35. The summed E-state index contributed by atoms with van der Waals surface area (Å²) in [5.74, 6) is 1.98. The third kappa shape index (κ3) is 4.25. The van der Waals surface area contributed by atoms with Gasteiger partial charge < -0.3 is 14.7 Å². The number of rotatable bonds is 7. The van der Waals surface area contributed by atoms with Crippen LogP contribution in [-0.4, -0.2) is 42.2 Å². The van der Waals surface area contributed by atoms with E-state index < -0.39 is 0 Å². The van der Waals surface area contributed by atoms with E-state index in [0.717, 1.165) is 32.7 Å². The maximum Gasteiger partial charge on any atom is 0.223 e. The van der Waals surface area contributed by atoms with Gasteiger partial charge in [-0.1, -0.05) is 12.1 Å². The lowest BCUT2D eigenvalue weighted by molar-refractivity contribution is -0.130. The van der Waals surface area contributed by atoms with Gasteiger partial charge in [0.1, 0.15) is 5.75 Å². The average molecular weight is 317 g/mol. The van der Waals surface area contributed by atoms with Crippen LogP contribution in [0, 0.1) is 11.8 Å². The van der Waals surface area contributed by atoms with Crippen LogP contribution in [0.1, 0.15) is 44.1 Å². The van der Waals surface area contributed by atoms with Gasteiger partial charge in [-0.2, -0.15) is 0 Å². The molecule has 3 rings (SSSR count). The first-order valence-corrected chi connectivity index (χ1v) is 8.81. The van der Waals surface area contributed by atoms with Crippen LogP contribution in [0.2, 0.25) is 0 Å². The van der Waals surface area contributed by atoms with Crippen molar-refractivity contribution in [2.75, 3.05) is 26.3 Å². The Kier molecular flexibility index (Phi) is 5.21. The molecule has 0 bridgehead atoms. The number of hydrogen-bond acceptors (Lipinski definition) is 3. The van der Waals surface area contributed by atoms with Crippen molar-refractivity contribution in [2.24, 2.45) is 11.8 Å². The molecule has 1 saturated carbocycles. The van der Waals surface area contributed by atoms with Crippen molar-refractivity contribution in [3.05, 3.63) is 29.8 Å². The highest BCUT2D eigenvalue weighted by Crippen LogP contribution is 2.45. The standard InChI is InChI=1S/C19H27NO3/c1-2-23-13-14-9-10-20(12-14)19(22)11-18(15-3-4-15)16-5-7-17(21)8-6-16/h5-8,14-15,18,21H,2-4,9-13H2,1H3/t14-,18+/m0/s1. The highest BCUT2D eigenvalue weighted by atomic mass is 16.5. The molecule has 0 spiro atoms. The van der Waals surface area contributed by atoms with Crippen LogP contribution in [0.15, 0.2) is 24.3 Å². The Hall–Kier alpha value is -1.55. The fourth-order valence-corrected chi connectivity index (χ4v) is 3.57. The summed E-state index contributed by atoms with van der Waals surface area (Å²) < 4.78 is 5.49. The number of carbonyl (C=O) groups is 1. The Balaban J connectivity index is 1.58. The summed E-state index contributed by atoms with van der Waals surface area (Å²) in [6.45, 7) is 5.23. The lowest BCUT2D eigenvalue weighted by Gasteiger charge is -2.22. The topological polar surface area (TPSA) is 49.8 Å². The van der Waals surface area contributed by atoms with Gasteiger partial charge in [0.2, 0.25) is 5.91 Å². The van der Waals surface area contributed by atoms with Gasteiger partial charge >= 0.3 is 0 Å². The first-order valence-electron chi connectivity index (χ1n) is 8.81. The highest BCUT2D eigenvalue weighted by Gasteiger charge is 2.36. The predicted molar refractivity (Wildman–Crippen MR) is 89.4 cm³/mol. The Morgan fingerprint density at radius 2 is 2.04 bits per heavy atom. The van der Waals surface area contributed by atoms with Gasteiger partial charge in [-0.3, -0.25) is 4.79 Å². The molecule has 2 aliphatic rings. The molecule has 2 fully saturated rings. The molecular weight excluding hydrogens is 290 g/mol. The number of amides is 1. The summed E-state index contributed by atoms with van der Waals surface area (Å²) in [5, 5.41) is 9.46. The number of nitrogens with zero attached hydrogens (tertiary/aromatic N) is 1. The van der Waals surface area contributed by atoms with Gasteiger partial charge in [0.25, 0.3) is 0 Å². The minimum Gasteiger partial charge on any atom is -0.508 e. The molecule has 1 heterocycles. The van der Waals surface area contributed by atoms with E-state index in [1.807, 2.05) is 24.0 Å². The molecule has 4 nitrogen and oxygen atoms in total. The second-order valence-corrected chi connectivity index (χ2v) is 6.89. The summed E-state index contributed by atoms with van der Waals surface area (Å²) in [6, 6.07) is 7.38. The molecule has 1 aromatic carbocycles. The van der Waals surface area contributed by atoms with Crippen LogP contribution < -0.4 is 0 Å². The summed E-state index contributed by atoms with van der Waals surface area (Å²) in [6.07, 6.45) is 4.08. The van der Waals surface area contributed by atoms with Crippen molar-refractivity contribution in [3.63, 3.8) is 0 Å². The molecule has 1 saturated heterocycles. The summed E-state index contributed by atoms with van der Waals surface area (Å²) in [4.78, 5) is 14.7. The van der Waals surface area contributed by atoms with Gasteiger partial charge in [-0.15, -0.1) is 0 Å². The van der Waals surface area contributed by atoms with Crippen molar-refractivity contribution in [2.45, 2.75) is 38.5 Å². The summed E-state index contributed by atoms with van der Waals surface area (Å²) in [5.41, 5.74) is 1.18. The first kappa shape index (κ1) is 16.3. The number of phenols is 1. The van der Waals surface area contributed by atoms with Gasteiger partial charge in [-0.25, -0.2) is 0 Å². The molecule has 2 atom stereocenters. The van der Waals surface area contributed by atoms with Crippen LogP contribution in [-0.2, 0) is 9.53 Å². The molecule has 1 aliphatic heterocycles.